The maximum atomic E-state index is 12.0. The highest BCUT2D eigenvalue weighted by atomic mass is 79.9. The van der Waals surface area contributed by atoms with Gasteiger partial charge in [-0.15, -0.1) is 0 Å². The van der Waals surface area contributed by atoms with E-state index in [1.54, 1.807) is 24.4 Å². The predicted molar refractivity (Wildman–Crippen MR) is 78.4 cm³/mol. The summed E-state index contributed by atoms with van der Waals surface area (Å²) < 4.78 is 1.67. The Morgan fingerprint density at radius 2 is 2.06 bits per heavy atom. The Kier molecular flexibility index (Phi) is 3.98. The van der Waals surface area contributed by atoms with Crippen LogP contribution >= 0.6 is 31.9 Å². The van der Waals surface area contributed by atoms with E-state index >= 15 is 0 Å². The Morgan fingerprint density at radius 3 is 2.78 bits per heavy atom. The molecule has 6 heteroatoms. The first-order chi connectivity index (χ1) is 8.58. The van der Waals surface area contributed by atoms with Crippen LogP contribution in [-0.2, 0) is 0 Å². The number of rotatable bonds is 2. The lowest BCUT2D eigenvalue weighted by Gasteiger charge is -2.08. The van der Waals surface area contributed by atoms with Crippen molar-refractivity contribution in [1.29, 1.82) is 0 Å². The summed E-state index contributed by atoms with van der Waals surface area (Å²) in [4.78, 5) is 15.9. The molecular weight excluding hydrogens is 362 g/mol. The van der Waals surface area contributed by atoms with E-state index in [9.17, 15) is 4.79 Å². The molecule has 2 rings (SSSR count). The van der Waals surface area contributed by atoms with Crippen LogP contribution in [0.1, 0.15) is 10.4 Å². The number of nitrogens with two attached hydrogens (primary N) is 1. The number of carbonyl (C=O) groups is 1. The van der Waals surface area contributed by atoms with Gasteiger partial charge in [0, 0.05) is 15.1 Å². The van der Waals surface area contributed by atoms with Gasteiger partial charge in [0.05, 0.1) is 11.3 Å². The Balaban J connectivity index is 2.27. The predicted octanol–water partition coefficient (Wildman–Crippen LogP) is 3.44. The van der Waals surface area contributed by atoms with Gasteiger partial charge in [0.2, 0.25) is 0 Å². The molecule has 0 unspecified atom stereocenters. The highest BCUT2D eigenvalue weighted by Gasteiger charge is 2.11. The number of hydrogen-bond donors (Lipinski definition) is 2. The Hall–Kier alpha value is -1.40. The van der Waals surface area contributed by atoms with Gasteiger partial charge in [0.15, 0.2) is 0 Å². The van der Waals surface area contributed by atoms with Gasteiger partial charge in [-0.2, -0.15) is 0 Å². The topological polar surface area (TPSA) is 68.0 Å². The lowest BCUT2D eigenvalue weighted by molar-refractivity contribution is 0.102. The van der Waals surface area contributed by atoms with Crippen molar-refractivity contribution in [1.82, 2.24) is 4.98 Å². The molecule has 3 N–H and O–H groups in total. The molecule has 1 aromatic carbocycles. The zero-order valence-corrected chi connectivity index (χ0v) is 12.3. The van der Waals surface area contributed by atoms with Gasteiger partial charge in [-0.1, -0.05) is 15.9 Å². The molecule has 2 aromatic rings. The summed E-state index contributed by atoms with van der Waals surface area (Å²) in [7, 11) is 0. The normalized spacial score (nSPS) is 10.1. The molecule has 0 aliphatic rings. The largest absolute Gasteiger partial charge is 0.383 e. The highest BCUT2D eigenvalue weighted by Crippen LogP contribution is 2.26. The summed E-state index contributed by atoms with van der Waals surface area (Å²) in [6.45, 7) is 0. The molecule has 1 amide bonds. The molecule has 0 spiro atoms. The van der Waals surface area contributed by atoms with E-state index in [0.717, 1.165) is 8.95 Å². The van der Waals surface area contributed by atoms with Crippen molar-refractivity contribution in [3.63, 3.8) is 0 Å². The summed E-state index contributed by atoms with van der Waals surface area (Å²) in [6.07, 6.45) is 1.54. The highest BCUT2D eigenvalue weighted by molar-refractivity contribution is 9.11. The first-order valence-electron chi connectivity index (χ1n) is 5.05. The third kappa shape index (κ3) is 2.88. The molecule has 0 radical (unpaired) electrons. The van der Waals surface area contributed by atoms with Crippen molar-refractivity contribution < 1.29 is 4.79 Å². The van der Waals surface area contributed by atoms with Crippen LogP contribution in [0.2, 0.25) is 0 Å². The van der Waals surface area contributed by atoms with Gasteiger partial charge in [-0.25, -0.2) is 4.98 Å². The van der Waals surface area contributed by atoms with Gasteiger partial charge in [-0.3, -0.25) is 4.79 Å². The quantitative estimate of drug-likeness (QED) is 0.850. The molecule has 0 saturated carbocycles. The zero-order valence-electron chi connectivity index (χ0n) is 9.15. The van der Waals surface area contributed by atoms with Crippen LogP contribution in [0.15, 0.2) is 45.5 Å². The molecule has 92 valence electrons. The van der Waals surface area contributed by atoms with Gasteiger partial charge in [-0.05, 0) is 46.3 Å². The number of nitrogens with zero attached hydrogens (tertiary/aromatic N) is 1. The van der Waals surface area contributed by atoms with Gasteiger partial charge in [0.25, 0.3) is 5.91 Å². The van der Waals surface area contributed by atoms with Crippen molar-refractivity contribution >= 4 is 49.3 Å². The van der Waals surface area contributed by atoms with Crippen LogP contribution in [0.4, 0.5) is 11.5 Å². The van der Waals surface area contributed by atoms with E-state index < -0.39 is 0 Å². The number of nitrogens with one attached hydrogen (secondary N) is 1. The standard InChI is InChI=1S/C12H9Br2N3O/c13-7-3-4-9(14)10(6-7)17-12(18)8-2-1-5-16-11(8)15/h1-6H,(H2,15,16)(H,17,18). The summed E-state index contributed by atoms with van der Waals surface area (Å²) >= 11 is 6.72. The number of hydrogen-bond acceptors (Lipinski definition) is 3. The molecule has 0 aliphatic carbocycles. The summed E-state index contributed by atoms with van der Waals surface area (Å²) in [5.74, 6) is -0.0829. The molecule has 4 nitrogen and oxygen atoms in total. The number of pyridine rings is 1. The Bertz CT molecular complexity index is 602. The lowest BCUT2D eigenvalue weighted by Crippen LogP contribution is -2.15. The van der Waals surface area contributed by atoms with Crippen LogP contribution < -0.4 is 11.1 Å². The third-order valence-corrected chi connectivity index (χ3v) is 3.44. The molecule has 1 heterocycles. The summed E-state index contributed by atoms with van der Waals surface area (Å²) in [5.41, 5.74) is 6.67. The van der Waals surface area contributed by atoms with E-state index in [-0.39, 0.29) is 11.7 Å². The monoisotopic (exact) mass is 369 g/mol. The lowest BCUT2D eigenvalue weighted by atomic mass is 10.2. The number of carbonyl (C=O) groups excluding carboxylic acids is 1. The van der Waals surface area contributed by atoms with Gasteiger partial charge in [0.1, 0.15) is 5.82 Å². The van der Waals surface area contributed by atoms with E-state index in [1.165, 1.54) is 0 Å². The number of aromatic nitrogens is 1. The summed E-state index contributed by atoms with van der Waals surface area (Å²) in [5, 5.41) is 2.77. The molecule has 0 fully saturated rings. The average Bonchev–Trinajstić information content (AvgIpc) is 2.34. The number of nitrogen functional groups attached to an aromatic ring is 1. The van der Waals surface area contributed by atoms with E-state index in [0.29, 0.717) is 11.3 Å². The second kappa shape index (κ2) is 5.49. The van der Waals surface area contributed by atoms with E-state index in [4.69, 9.17) is 5.73 Å². The molecule has 0 saturated heterocycles. The minimum atomic E-state index is -0.292. The third-order valence-electron chi connectivity index (χ3n) is 2.26. The molecule has 0 atom stereocenters. The van der Waals surface area contributed by atoms with Crippen molar-refractivity contribution in [3.05, 3.63) is 51.0 Å². The smallest absolute Gasteiger partial charge is 0.259 e. The van der Waals surface area contributed by atoms with Crippen LogP contribution in [-0.4, -0.2) is 10.9 Å². The second-order valence-electron chi connectivity index (χ2n) is 3.51. The molecule has 1 aromatic heterocycles. The average molecular weight is 371 g/mol. The van der Waals surface area contributed by atoms with Crippen LogP contribution in [0.5, 0.6) is 0 Å². The first-order valence-corrected chi connectivity index (χ1v) is 6.63. The first kappa shape index (κ1) is 13.0. The summed E-state index contributed by atoms with van der Waals surface area (Å²) in [6, 6.07) is 8.81. The number of halogens is 2. The number of anilines is 2. The minimum Gasteiger partial charge on any atom is -0.383 e. The van der Waals surface area contributed by atoms with Crippen molar-refractivity contribution in [3.8, 4) is 0 Å². The van der Waals surface area contributed by atoms with Gasteiger partial charge < -0.3 is 11.1 Å². The fraction of sp³-hybridized carbons (Fsp3) is 0. The second-order valence-corrected chi connectivity index (χ2v) is 5.28. The Morgan fingerprint density at radius 1 is 1.28 bits per heavy atom. The van der Waals surface area contributed by atoms with Crippen LogP contribution in [0.25, 0.3) is 0 Å². The number of benzene rings is 1. The minimum absolute atomic E-state index is 0.209. The molecular formula is C12H9Br2N3O. The van der Waals surface area contributed by atoms with Crippen molar-refractivity contribution in [2.24, 2.45) is 0 Å². The SMILES string of the molecule is Nc1ncccc1C(=O)Nc1cc(Br)ccc1Br. The molecule has 0 aliphatic heterocycles. The maximum absolute atomic E-state index is 12.0. The fourth-order valence-electron chi connectivity index (χ4n) is 1.39. The van der Waals surface area contributed by atoms with Crippen molar-refractivity contribution in [2.75, 3.05) is 11.1 Å². The van der Waals surface area contributed by atoms with E-state index in [1.807, 2.05) is 12.1 Å². The zero-order chi connectivity index (χ0) is 13.1. The van der Waals surface area contributed by atoms with Crippen molar-refractivity contribution in [2.45, 2.75) is 0 Å². The van der Waals surface area contributed by atoms with Gasteiger partial charge >= 0.3 is 0 Å². The fourth-order valence-corrected chi connectivity index (χ4v) is 2.10. The maximum Gasteiger partial charge on any atom is 0.259 e. The van der Waals surface area contributed by atoms with Crippen LogP contribution in [0.3, 0.4) is 0 Å². The Labute approximate surface area is 121 Å². The van der Waals surface area contributed by atoms with E-state index in [2.05, 4.69) is 42.2 Å². The molecule has 18 heavy (non-hydrogen) atoms. The molecule has 0 bridgehead atoms. The van der Waals surface area contributed by atoms with Crippen LogP contribution in [0, 0.1) is 0 Å². The number of amides is 1.